The lowest BCUT2D eigenvalue weighted by Crippen LogP contribution is -2.23. The maximum atomic E-state index is 12.2. The maximum absolute atomic E-state index is 12.2. The number of rotatable bonds is 8. The summed E-state index contributed by atoms with van der Waals surface area (Å²) >= 11 is 1.54. The summed E-state index contributed by atoms with van der Waals surface area (Å²) in [6.45, 7) is 0. The summed E-state index contributed by atoms with van der Waals surface area (Å²) in [7, 11) is -1.79. The summed E-state index contributed by atoms with van der Waals surface area (Å²) in [6, 6.07) is 9.75. The predicted molar refractivity (Wildman–Crippen MR) is 84.1 cm³/mol. The van der Waals surface area contributed by atoms with E-state index >= 15 is 0 Å². The van der Waals surface area contributed by atoms with E-state index in [2.05, 4.69) is 4.74 Å². The molecule has 1 aliphatic carbocycles. The number of hydrogen-bond donors (Lipinski definition) is 0. The van der Waals surface area contributed by atoms with E-state index in [1.165, 1.54) is 7.11 Å². The van der Waals surface area contributed by atoms with Crippen molar-refractivity contribution in [3.8, 4) is 0 Å². The van der Waals surface area contributed by atoms with Gasteiger partial charge in [-0.05, 0) is 30.4 Å². The van der Waals surface area contributed by atoms with Gasteiger partial charge >= 0.3 is 5.97 Å². The molecule has 0 atom stereocenters. The molecule has 4 nitrogen and oxygen atoms in total. The fraction of sp³-hybridized carbons (Fsp3) is 0.533. The largest absolute Gasteiger partial charge is 0.469 e. The second-order valence-corrected chi connectivity index (χ2v) is 8.86. The van der Waals surface area contributed by atoms with Gasteiger partial charge in [0, 0.05) is 10.6 Å². The van der Waals surface area contributed by atoms with Gasteiger partial charge in [0.05, 0.1) is 25.0 Å². The summed E-state index contributed by atoms with van der Waals surface area (Å²) in [5.74, 6) is 0.474. The number of sulfone groups is 1. The molecule has 1 fully saturated rings. The Hall–Kier alpha value is -1.01. The minimum Gasteiger partial charge on any atom is -0.469 e. The Morgan fingerprint density at radius 2 is 1.95 bits per heavy atom. The molecule has 2 rings (SSSR count). The summed E-state index contributed by atoms with van der Waals surface area (Å²) in [4.78, 5) is 12.4. The van der Waals surface area contributed by atoms with Crippen LogP contribution in [0.1, 0.15) is 19.3 Å². The highest BCUT2D eigenvalue weighted by molar-refractivity contribution is 8.00. The van der Waals surface area contributed by atoms with Crippen molar-refractivity contribution in [1.82, 2.24) is 0 Å². The second-order valence-electron chi connectivity index (χ2n) is 5.51. The summed E-state index contributed by atoms with van der Waals surface area (Å²) in [5.41, 5.74) is -0.358. The third-order valence-corrected chi connectivity index (χ3v) is 6.79. The van der Waals surface area contributed by atoms with Crippen LogP contribution in [0.5, 0.6) is 0 Å². The van der Waals surface area contributed by atoms with Crippen LogP contribution in [0, 0.1) is 5.41 Å². The molecule has 1 saturated carbocycles. The number of benzene rings is 1. The van der Waals surface area contributed by atoms with E-state index in [1.54, 1.807) is 11.8 Å². The summed E-state index contributed by atoms with van der Waals surface area (Å²) in [6.07, 6.45) is 1.81. The van der Waals surface area contributed by atoms with Crippen molar-refractivity contribution in [2.75, 3.05) is 24.4 Å². The van der Waals surface area contributed by atoms with Gasteiger partial charge in [0.25, 0.3) is 0 Å². The molecular formula is C15H20O4S2. The zero-order valence-electron chi connectivity index (χ0n) is 12.1. The number of esters is 1. The van der Waals surface area contributed by atoms with Crippen LogP contribution in [-0.2, 0) is 19.4 Å². The number of methoxy groups -OCH3 is 1. The lowest BCUT2D eigenvalue weighted by atomic mass is 10.1. The van der Waals surface area contributed by atoms with Gasteiger partial charge in [-0.15, -0.1) is 11.8 Å². The smallest absolute Gasteiger partial charge is 0.306 e. The minimum absolute atomic E-state index is 0.102. The molecule has 0 bridgehead atoms. The van der Waals surface area contributed by atoms with E-state index in [0.717, 1.165) is 17.7 Å². The third-order valence-electron chi connectivity index (χ3n) is 3.64. The molecule has 1 aliphatic rings. The highest BCUT2D eigenvalue weighted by atomic mass is 32.2. The Kier molecular flexibility index (Phi) is 5.32. The van der Waals surface area contributed by atoms with Gasteiger partial charge in [-0.25, -0.2) is 8.42 Å². The average Bonchev–Trinajstić information content (AvgIpc) is 3.18. The van der Waals surface area contributed by atoms with Gasteiger partial charge in [0.1, 0.15) is 0 Å². The van der Waals surface area contributed by atoms with Gasteiger partial charge in [-0.2, -0.15) is 0 Å². The standard InChI is InChI=1S/C15H20O4S2/c1-19-14(16)11-15(7-8-15)12-21(17,18)10-9-20-13-5-3-2-4-6-13/h2-6H,7-12H2,1H3. The Balaban J connectivity index is 1.81. The lowest BCUT2D eigenvalue weighted by Gasteiger charge is -2.13. The molecular weight excluding hydrogens is 308 g/mol. The Morgan fingerprint density at radius 1 is 1.29 bits per heavy atom. The zero-order chi connectivity index (χ0) is 15.3. The number of ether oxygens (including phenoxy) is 1. The van der Waals surface area contributed by atoms with Gasteiger partial charge in [0.15, 0.2) is 9.84 Å². The molecule has 0 aromatic heterocycles. The van der Waals surface area contributed by atoms with Crippen LogP contribution in [0.3, 0.4) is 0 Å². The normalized spacial score (nSPS) is 16.4. The highest BCUT2D eigenvalue weighted by Gasteiger charge is 2.47. The topological polar surface area (TPSA) is 60.4 Å². The molecule has 0 N–H and O–H groups in total. The fourth-order valence-corrected chi connectivity index (χ4v) is 5.67. The van der Waals surface area contributed by atoms with Crippen molar-refractivity contribution in [2.45, 2.75) is 24.2 Å². The van der Waals surface area contributed by atoms with E-state index in [4.69, 9.17) is 0 Å². The van der Waals surface area contributed by atoms with Crippen molar-refractivity contribution in [3.63, 3.8) is 0 Å². The quantitative estimate of drug-likeness (QED) is 0.542. The van der Waals surface area contributed by atoms with Crippen molar-refractivity contribution in [2.24, 2.45) is 5.41 Å². The van der Waals surface area contributed by atoms with Crippen molar-refractivity contribution >= 4 is 27.6 Å². The molecule has 1 aromatic rings. The fourth-order valence-electron chi connectivity index (χ4n) is 2.27. The molecule has 0 spiro atoms. The van der Waals surface area contributed by atoms with Crippen LogP contribution >= 0.6 is 11.8 Å². The van der Waals surface area contributed by atoms with Crippen LogP contribution in [0.4, 0.5) is 0 Å². The van der Waals surface area contributed by atoms with E-state index < -0.39 is 9.84 Å². The molecule has 21 heavy (non-hydrogen) atoms. The van der Waals surface area contributed by atoms with Crippen LogP contribution < -0.4 is 0 Å². The average molecular weight is 328 g/mol. The molecule has 0 amide bonds. The predicted octanol–water partition coefficient (Wildman–Crippen LogP) is 2.54. The second kappa shape index (κ2) is 6.83. The molecule has 6 heteroatoms. The van der Waals surface area contributed by atoms with Crippen molar-refractivity contribution in [1.29, 1.82) is 0 Å². The van der Waals surface area contributed by atoms with Crippen LogP contribution in [0.2, 0.25) is 0 Å². The van der Waals surface area contributed by atoms with Gasteiger partial charge in [-0.1, -0.05) is 18.2 Å². The van der Waals surface area contributed by atoms with E-state index in [-0.39, 0.29) is 29.3 Å². The molecule has 0 unspecified atom stereocenters. The van der Waals surface area contributed by atoms with Gasteiger partial charge in [0.2, 0.25) is 0 Å². The van der Waals surface area contributed by atoms with E-state index in [9.17, 15) is 13.2 Å². The van der Waals surface area contributed by atoms with E-state index in [1.807, 2.05) is 30.3 Å². The molecule has 0 saturated heterocycles. The molecule has 0 aliphatic heterocycles. The Labute approximate surface area is 130 Å². The zero-order valence-corrected chi connectivity index (χ0v) is 13.7. The number of hydrogen-bond acceptors (Lipinski definition) is 5. The van der Waals surface area contributed by atoms with Crippen LogP contribution in [0.15, 0.2) is 35.2 Å². The highest BCUT2D eigenvalue weighted by Crippen LogP contribution is 2.50. The first kappa shape index (κ1) is 16.4. The molecule has 1 aromatic carbocycles. The number of carbonyl (C=O) groups is 1. The van der Waals surface area contributed by atoms with Crippen molar-refractivity contribution < 1.29 is 17.9 Å². The Morgan fingerprint density at radius 3 is 2.52 bits per heavy atom. The molecule has 0 heterocycles. The maximum Gasteiger partial charge on any atom is 0.306 e. The summed E-state index contributed by atoms with van der Waals surface area (Å²) < 4.78 is 29.0. The first-order chi connectivity index (χ1) is 9.95. The lowest BCUT2D eigenvalue weighted by molar-refractivity contribution is -0.141. The van der Waals surface area contributed by atoms with Crippen molar-refractivity contribution in [3.05, 3.63) is 30.3 Å². The van der Waals surface area contributed by atoms with E-state index in [0.29, 0.717) is 5.75 Å². The molecule has 116 valence electrons. The SMILES string of the molecule is COC(=O)CC1(CS(=O)(=O)CCSc2ccccc2)CC1. The Bertz CT molecular complexity index is 577. The molecule has 0 radical (unpaired) electrons. The number of thioether (sulfide) groups is 1. The monoisotopic (exact) mass is 328 g/mol. The third kappa shape index (κ3) is 5.36. The van der Waals surface area contributed by atoms with Gasteiger partial charge < -0.3 is 4.74 Å². The summed E-state index contributed by atoms with van der Waals surface area (Å²) in [5, 5.41) is 0. The number of carbonyl (C=O) groups excluding carboxylic acids is 1. The minimum atomic E-state index is -3.13. The first-order valence-corrected chi connectivity index (χ1v) is 9.71. The van der Waals surface area contributed by atoms with Gasteiger partial charge in [-0.3, -0.25) is 4.79 Å². The van der Waals surface area contributed by atoms with Crippen LogP contribution in [0.25, 0.3) is 0 Å². The van der Waals surface area contributed by atoms with Crippen LogP contribution in [-0.4, -0.2) is 38.8 Å². The first-order valence-electron chi connectivity index (χ1n) is 6.90.